The molecule has 29 heavy (non-hydrogen) atoms. The molecule has 0 aliphatic carbocycles. The van der Waals surface area contributed by atoms with Crippen LogP contribution in [0.3, 0.4) is 0 Å². The van der Waals surface area contributed by atoms with E-state index in [-0.39, 0.29) is 19.3 Å². The van der Waals surface area contributed by atoms with Crippen LogP contribution in [-0.2, 0) is 11.2 Å². The Bertz CT molecular complexity index is 1010. The van der Waals surface area contributed by atoms with Gasteiger partial charge in [-0.2, -0.15) is 0 Å². The monoisotopic (exact) mass is 395 g/mol. The summed E-state index contributed by atoms with van der Waals surface area (Å²) in [4.78, 5) is 25.4. The predicted molar refractivity (Wildman–Crippen MR) is 110 cm³/mol. The lowest BCUT2D eigenvalue weighted by molar-refractivity contribution is -0.0595. The largest absolute Gasteiger partial charge is 0.465 e. The maximum Gasteiger partial charge on any atom is 0.408 e. The summed E-state index contributed by atoms with van der Waals surface area (Å²) in [5.74, 6) is 1.12. The van der Waals surface area contributed by atoms with Crippen molar-refractivity contribution in [3.05, 3.63) is 53.0 Å². The highest BCUT2D eigenvalue weighted by molar-refractivity contribution is 5.77. The number of morpholine rings is 1. The van der Waals surface area contributed by atoms with Gasteiger partial charge in [0.2, 0.25) is 0 Å². The zero-order valence-corrected chi connectivity index (χ0v) is 16.6. The van der Waals surface area contributed by atoms with E-state index in [0.29, 0.717) is 24.5 Å². The number of aryl methyl sites for hydroxylation is 3. The van der Waals surface area contributed by atoms with Gasteiger partial charge in [0, 0.05) is 6.20 Å². The summed E-state index contributed by atoms with van der Waals surface area (Å²) in [5.41, 5.74) is 10.9. The average molecular weight is 395 g/mol. The minimum Gasteiger partial charge on any atom is -0.465 e. The van der Waals surface area contributed by atoms with E-state index in [2.05, 4.69) is 15.0 Å². The molecule has 0 unspecified atom stereocenters. The molecule has 0 bridgehead atoms. The minimum atomic E-state index is -0.975. The van der Waals surface area contributed by atoms with Gasteiger partial charge in [-0.1, -0.05) is 6.07 Å². The summed E-state index contributed by atoms with van der Waals surface area (Å²) >= 11 is 0. The number of anilines is 1. The van der Waals surface area contributed by atoms with Crippen LogP contribution in [0.25, 0.3) is 11.0 Å². The minimum absolute atomic E-state index is 0.198. The van der Waals surface area contributed by atoms with Crippen LogP contribution in [0.2, 0.25) is 0 Å². The van der Waals surface area contributed by atoms with Gasteiger partial charge in [0.25, 0.3) is 0 Å². The molecule has 1 aromatic carbocycles. The number of nitrogens with one attached hydrogen (secondary N) is 1. The smallest absolute Gasteiger partial charge is 0.408 e. The maximum absolute atomic E-state index is 11.9. The number of carbonyl (C=O) groups is 1. The number of hydrogen-bond acceptors (Lipinski definition) is 5. The fourth-order valence-corrected chi connectivity index (χ4v) is 3.75. The second-order valence-electron chi connectivity index (χ2n) is 7.57. The van der Waals surface area contributed by atoms with Crippen LogP contribution >= 0.6 is 0 Å². The van der Waals surface area contributed by atoms with Crippen LogP contribution in [0.15, 0.2) is 30.5 Å². The Kier molecular flexibility index (Phi) is 5.10. The lowest BCUT2D eigenvalue weighted by Crippen LogP contribution is -2.47. The molecule has 3 aromatic rings. The van der Waals surface area contributed by atoms with Crippen molar-refractivity contribution in [2.24, 2.45) is 0 Å². The summed E-state index contributed by atoms with van der Waals surface area (Å²) in [5, 5.41) is 9.78. The molecule has 1 fully saturated rings. The van der Waals surface area contributed by atoms with Gasteiger partial charge in [-0.15, -0.1) is 0 Å². The molecule has 0 spiro atoms. The van der Waals surface area contributed by atoms with Crippen molar-refractivity contribution in [2.75, 3.05) is 18.9 Å². The first-order chi connectivity index (χ1) is 13.9. The van der Waals surface area contributed by atoms with Crippen molar-refractivity contribution >= 4 is 22.9 Å². The standard InChI is InChI=1S/C21H25N5O3/c1-12-8-16-17(9-13(12)2)25-20(24-16)18-11-29-15(10-26(18)21(27)28)6-5-14-4-3-7-23-19(14)22/h3-4,7-9,15,18H,5-6,10-11H2,1-2H3,(H2,22,23)(H,24,25)(H,27,28)/t15-,18+/m1/s1. The van der Waals surface area contributed by atoms with Gasteiger partial charge < -0.3 is 20.6 Å². The number of ether oxygens (including phenoxy) is 1. The number of pyridine rings is 1. The van der Waals surface area contributed by atoms with Gasteiger partial charge in [-0.05, 0) is 61.6 Å². The highest BCUT2D eigenvalue weighted by Crippen LogP contribution is 2.28. The summed E-state index contributed by atoms with van der Waals surface area (Å²) < 4.78 is 6.00. The first-order valence-electron chi connectivity index (χ1n) is 9.69. The number of H-pyrrole nitrogens is 1. The van der Waals surface area contributed by atoms with Crippen LogP contribution in [0.4, 0.5) is 10.6 Å². The van der Waals surface area contributed by atoms with E-state index in [1.165, 1.54) is 4.90 Å². The molecule has 8 heteroatoms. The zero-order chi connectivity index (χ0) is 20.5. The quantitative estimate of drug-likeness (QED) is 0.624. The third-order valence-electron chi connectivity index (χ3n) is 5.61. The first-order valence-corrected chi connectivity index (χ1v) is 9.69. The van der Waals surface area contributed by atoms with E-state index in [1.54, 1.807) is 6.20 Å². The Labute approximate surface area is 168 Å². The van der Waals surface area contributed by atoms with E-state index in [9.17, 15) is 9.90 Å². The fraction of sp³-hybridized carbons (Fsp3) is 0.381. The second kappa shape index (κ2) is 7.71. The predicted octanol–water partition coefficient (Wildman–Crippen LogP) is 3.21. The summed E-state index contributed by atoms with van der Waals surface area (Å²) in [6.07, 6.45) is 1.84. The number of rotatable bonds is 4. The summed E-state index contributed by atoms with van der Waals surface area (Å²) in [7, 11) is 0. The molecule has 1 aliphatic heterocycles. The topological polar surface area (TPSA) is 117 Å². The zero-order valence-electron chi connectivity index (χ0n) is 16.6. The number of imidazole rings is 1. The molecule has 4 N–H and O–H groups in total. The lowest BCUT2D eigenvalue weighted by atomic mass is 10.0. The SMILES string of the molecule is Cc1cc2nc([C@@H]3CO[C@H](CCc4cccnc4N)CN3C(=O)O)[nH]c2cc1C. The van der Waals surface area contributed by atoms with Crippen molar-refractivity contribution in [3.8, 4) is 0 Å². The highest BCUT2D eigenvalue weighted by Gasteiger charge is 2.35. The van der Waals surface area contributed by atoms with Gasteiger partial charge in [0.1, 0.15) is 17.7 Å². The molecule has 152 valence electrons. The van der Waals surface area contributed by atoms with Gasteiger partial charge in [-0.25, -0.2) is 14.8 Å². The lowest BCUT2D eigenvalue weighted by Gasteiger charge is -2.37. The third kappa shape index (κ3) is 3.88. The molecule has 1 saturated heterocycles. The molecule has 3 heterocycles. The Morgan fingerprint density at radius 2 is 2.17 bits per heavy atom. The number of nitrogens with zero attached hydrogens (tertiary/aromatic N) is 3. The van der Waals surface area contributed by atoms with Crippen LogP contribution < -0.4 is 5.73 Å². The van der Waals surface area contributed by atoms with E-state index in [1.807, 2.05) is 38.1 Å². The molecule has 0 saturated carbocycles. The van der Waals surface area contributed by atoms with Crippen LogP contribution in [0.5, 0.6) is 0 Å². The van der Waals surface area contributed by atoms with E-state index in [0.717, 1.165) is 27.7 Å². The molecular weight excluding hydrogens is 370 g/mol. The normalized spacial score (nSPS) is 19.6. The Balaban J connectivity index is 1.50. The van der Waals surface area contributed by atoms with Crippen molar-refractivity contribution in [3.63, 3.8) is 0 Å². The fourth-order valence-electron chi connectivity index (χ4n) is 3.75. The first kappa shape index (κ1) is 19.2. The number of aromatic nitrogens is 3. The van der Waals surface area contributed by atoms with E-state index < -0.39 is 12.1 Å². The number of carboxylic acid groups (broad SMARTS) is 1. The van der Waals surface area contributed by atoms with E-state index in [4.69, 9.17) is 10.5 Å². The molecule has 2 aromatic heterocycles. The van der Waals surface area contributed by atoms with Crippen molar-refractivity contribution in [1.29, 1.82) is 0 Å². The number of amides is 1. The van der Waals surface area contributed by atoms with Crippen molar-refractivity contribution in [2.45, 2.75) is 38.8 Å². The maximum atomic E-state index is 11.9. The second-order valence-corrected chi connectivity index (χ2v) is 7.57. The number of aromatic amines is 1. The van der Waals surface area contributed by atoms with Crippen LogP contribution in [0, 0.1) is 13.8 Å². The van der Waals surface area contributed by atoms with Gasteiger partial charge >= 0.3 is 6.09 Å². The van der Waals surface area contributed by atoms with Crippen LogP contribution in [-0.4, -0.2) is 50.3 Å². The molecular formula is C21H25N5O3. The number of nitrogens with two attached hydrogens (primary N) is 1. The number of nitrogen functional groups attached to an aromatic ring is 1. The summed E-state index contributed by atoms with van der Waals surface area (Å²) in [6, 6.07) is 7.37. The van der Waals surface area contributed by atoms with Crippen molar-refractivity contribution in [1.82, 2.24) is 19.9 Å². The Hall–Kier alpha value is -3.13. The third-order valence-corrected chi connectivity index (χ3v) is 5.61. The van der Waals surface area contributed by atoms with E-state index >= 15 is 0 Å². The number of hydrogen-bond donors (Lipinski definition) is 3. The molecule has 2 atom stereocenters. The summed E-state index contributed by atoms with van der Waals surface area (Å²) in [6.45, 7) is 4.63. The van der Waals surface area contributed by atoms with Crippen LogP contribution in [0.1, 0.15) is 35.0 Å². The molecule has 1 amide bonds. The molecule has 8 nitrogen and oxygen atoms in total. The van der Waals surface area contributed by atoms with Gasteiger partial charge in [0.05, 0.1) is 30.3 Å². The molecule has 4 rings (SSSR count). The van der Waals surface area contributed by atoms with Crippen molar-refractivity contribution < 1.29 is 14.6 Å². The Morgan fingerprint density at radius 3 is 2.93 bits per heavy atom. The molecule has 0 radical (unpaired) electrons. The van der Waals surface area contributed by atoms with Gasteiger partial charge in [0.15, 0.2) is 0 Å². The Morgan fingerprint density at radius 1 is 1.38 bits per heavy atom. The van der Waals surface area contributed by atoms with Gasteiger partial charge in [-0.3, -0.25) is 4.90 Å². The number of benzene rings is 1. The molecule has 1 aliphatic rings. The number of fused-ring (bicyclic) bond motifs is 1. The highest BCUT2D eigenvalue weighted by atomic mass is 16.5. The average Bonchev–Trinajstić information content (AvgIpc) is 3.10.